The zero-order valence-corrected chi connectivity index (χ0v) is 16.6. The van der Waals surface area contributed by atoms with Gasteiger partial charge in [-0.2, -0.15) is 0 Å². The minimum absolute atomic E-state index is 0.136. The summed E-state index contributed by atoms with van der Waals surface area (Å²) in [6.07, 6.45) is 0. The number of thiazole rings is 1. The third kappa shape index (κ3) is 5.03. The van der Waals surface area contributed by atoms with Crippen LogP contribution in [0.2, 0.25) is 0 Å². The summed E-state index contributed by atoms with van der Waals surface area (Å²) >= 11 is 1.18. The van der Waals surface area contributed by atoms with Crippen LogP contribution < -0.4 is 5.32 Å². The summed E-state index contributed by atoms with van der Waals surface area (Å²) in [5.41, 5.74) is 1.53. The molecule has 1 atom stereocenters. The fourth-order valence-corrected chi connectivity index (χ4v) is 3.67. The van der Waals surface area contributed by atoms with Crippen molar-refractivity contribution in [1.82, 2.24) is 10.3 Å². The lowest BCUT2D eigenvalue weighted by Gasteiger charge is -2.15. The highest BCUT2D eigenvalue weighted by Crippen LogP contribution is 2.28. The number of hydrogen-bond donors (Lipinski definition) is 1. The van der Waals surface area contributed by atoms with E-state index in [0.717, 1.165) is 17.7 Å². The second kappa shape index (κ2) is 8.91. The summed E-state index contributed by atoms with van der Waals surface area (Å²) in [5.74, 6) is -2.71. The molecule has 0 fully saturated rings. The molecule has 0 aliphatic carbocycles. The smallest absolute Gasteiger partial charge is 0.350 e. The van der Waals surface area contributed by atoms with Crippen molar-refractivity contribution in [3.63, 3.8) is 0 Å². The number of benzene rings is 2. The number of aryl methyl sites for hydroxylation is 1. The average Bonchev–Trinajstić information content (AvgIpc) is 3.08. The molecule has 0 radical (unpaired) electrons. The van der Waals surface area contributed by atoms with Crippen molar-refractivity contribution in [1.29, 1.82) is 0 Å². The number of nitrogens with one attached hydrogen (secondary N) is 1. The molecule has 0 spiro atoms. The predicted molar refractivity (Wildman–Crippen MR) is 105 cm³/mol. The molecule has 8 heteroatoms. The fourth-order valence-electron chi connectivity index (χ4n) is 2.70. The van der Waals surface area contributed by atoms with Gasteiger partial charge in [0.1, 0.15) is 21.5 Å². The van der Waals surface area contributed by atoms with Gasteiger partial charge in [-0.1, -0.05) is 36.4 Å². The molecule has 0 aliphatic heterocycles. The molecule has 1 heterocycles. The number of esters is 1. The Morgan fingerprint density at radius 3 is 2.59 bits per heavy atom. The van der Waals surface area contributed by atoms with Gasteiger partial charge in [-0.25, -0.2) is 18.6 Å². The first kappa shape index (κ1) is 20.6. The number of rotatable bonds is 6. The summed E-state index contributed by atoms with van der Waals surface area (Å²) in [4.78, 5) is 29.1. The summed E-state index contributed by atoms with van der Waals surface area (Å²) in [7, 11) is 0. The van der Waals surface area contributed by atoms with Gasteiger partial charge >= 0.3 is 5.97 Å². The molecule has 0 unspecified atom stereocenters. The Morgan fingerprint density at radius 1 is 1.17 bits per heavy atom. The standard InChI is InChI=1S/C21H18F2N2O3S/c1-12(16-9-8-15(22)10-17(16)23)24-18(26)11-28-21(27)19-13(2)25-20(29-19)14-6-4-3-5-7-14/h3-10,12H,11H2,1-2H3,(H,24,26)/t12-/m0/s1. The molecule has 1 amide bonds. The fraction of sp³-hybridized carbons (Fsp3) is 0.190. The molecule has 1 N–H and O–H groups in total. The van der Waals surface area contributed by atoms with Crippen LogP contribution in [0, 0.1) is 18.6 Å². The minimum atomic E-state index is -0.761. The van der Waals surface area contributed by atoms with E-state index in [-0.39, 0.29) is 5.56 Å². The summed E-state index contributed by atoms with van der Waals surface area (Å²) in [6.45, 7) is 2.72. The zero-order chi connectivity index (χ0) is 21.0. The van der Waals surface area contributed by atoms with Crippen molar-refractivity contribution >= 4 is 23.2 Å². The van der Waals surface area contributed by atoms with Crippen LogP contribution >= 0.6 is 11.3 Å². The van der Waals surface area contributed by atoms with E-state index in [2.05, 4.69) is 10.3 Å². The van der Waals surface area contributed by atoms with Gasteiger partial charge in [0.2, 0.25) is 0 Å². The van der Waals surface area contributed by atoms with Crippen molar-refractivity contribution in [3.8, 4) is 10.6 Å². The van der Waals surface area contributed by atoms with Crippen molar-refractivity contribution < 1.29 is 23.1 Å². The first-order chi connectivity index (χ1) is 13.8. The van der Waals surface area contributed by atoms with Crippen LogP contribution in [0.4, 0.5) is 8.78 Å². The normalized spacial score (nSPS) is 11.7. The Hall–Kier alpha value is -3.13. The second-order valence-electron chi connectivity index (χ2n) is 6.33. The van der Waals surface area contributed by atoms with E-state index in [1.807, 2.05) is 30.3 Å². The molecule has 150 valence electrons. The first-order valence-electron chi connectivity index (χ1n) is 8.79. The van der Waals surface area contributed by atoms with E-state index < -0.39 is 36.2 Å². The molecule has 0 saturated carbocycles. The van der Waals surface area contributed by atoms with E-state index in [1.165, 1.54) is 17.4 Å². The number of nitrogens with zero attached hydrogens (tertiary/aromatic N) is 1. The first-order valence-corrected chi connectivity index (χ1v) is 9.61. The summed E-state index contributed by atoms with van der Waals surface area (Å²) in [6, 6.07) is 11.8. The van der Waals surface area contributed by atoms with Crippen LogP contribution in [0.5, 0.6) is 0 Å². The quantitative estimate of drug-likeness (QED) is 0.604. The summed E-state index contributed by atoms with van der Waals surface area (Å²) < 4.78 is 31.9. The van der Waals surface area contributed by atoms with Crippen molar-refractivity contribution in [2.75, 3.05) is 6.61 Å². The van der Waals surface area contributed by atoms with Gasteiger partial charge in [-0.3, -0.25) is 4.79 Å². The van der Waals surface area contributed by atoms with Gasteiger partial charge in [0.15, 0.2) is 6.61 Å². The molecule has 29 heavy (non-hydrogen) atoms. The maximum Gasteiger partial charge on any atom is 0.350 e. The number of carbonyl (C=O) groups is 2. The highest BCUT2D eigenvalue weighted by Gasteiger charge is 2.20. The lowest BCUT2D eigenvalue weighted by Crippen LogP contribution is -2.31. The maximum atomic E-state index is 13.8. The van der Waals surface area contributed by atoms with Gasteiger partial charge in [0, 0.05) is 17.2 Å². The number of ether oxygens (including phenoxy) is 1. The average molecular weight is 416 g/mol. The van der Waals surface area contributed by atoms with Crippen LogP contribution in [0.15, 0.2) is 48.5 Å². The van der Waals surface area contributed by atoms with Gasteiger partial charge in [-0.15, -0.1) is 11.3 Å². The Kier molecular flexibility index (Phi) is 6.33. The van der Waals surface area contributed by atoms with Crippen LogP contribution in [0.25, 0.3) is 10.6 Å². The molecule has 3 aromatic rings. The Bertz CT molecular complexity index is 1040. The van der Waals surface area contributed by atoms with Gasteiger partial charge in [0.25, 0.3) is 5.91 Å². The van der Waals surface area contributed by atoms with Gasteiger partial charge in [-0.05, 0) is 19.9 Å². The van der Waals surface area contributed by atoms with E-state index in [9.17, 15) is 18.4 Å². The zero-order valence-electron chi connectivity index (χ0n) is 15.7. The molecular formula is C21H18F2N2O3S. The largest absolute Gasteiger partial charge is 0.451 e. The Balaban J connectivity index is 1.59. The third-order valence-corrected chi connectivity index (χ3v) is 5.33. The SMILES string of the molecule is Cc1nc(-c2ccccc2)sc1C(=O)OCC(=O)N[C@@H](C)c1ccc(F)cc1F. The predicted octanol–water partition coefficient (Wildman–Crippen LogP) is 4.43. The third-order valence-electron chi connectivity index (χ3n) is 4.14. The number of halogens is 2. The van der Waals surface area contributed by atoms with Gasteiger partial charge < -0.3 is 10.1 Å². The maximum absolute atomic E-state index is 13.8. The molecule has 0 saturated heterocycles. The van der Waals surface area contributed by atoms with Gasteiger partial charge in [0.05, 0.1) is 11.7 Å². The van der Waals surface area contributed by atoms with E-state index in [4.69, 9.17) is 4.74 Å². The highest BCUT2D eigenvalue weighted by atomic mass is 32.1. The van der Waals surface area contributed by atoms with E-state index in [0.29, 0.717) is 15.6 Å². The molecule has 5 nitrogen and oxygen atoms in total. The van der Waals surface area contributed by atoms with Crippen molar-refractivity contribution in [2.45, 2.75) is 19.9 Å². The number of aromatic nitrogens is 1. The number of hydrogen-bond acceptors (Lipinski definition) is 5. The van der Waals surface area contributed by atoms with Crippen LogP contribution in [0.3, 0.4) is 0 Å². The molecule has 0 bridgehead atoms. The number of amides is 1. The molecule has 0 aliphatic rings. The molecular weight excluding hydrogens is 398 g/mol. The lowest BCUT2D eigenvalue weighted by atomic mass is 10.1. The topological polar surface area (TPSA) is 68.3 Å². The van der Waals surface area contributed by atoms with E-state index in [1.54, 1.807) is 13.8 Å². The Morgan fingerprint density at radius 2 is 1.90 bits per heavy atom. The van der Waals surface area contributed by atoms with Crippen molar-refractivity contribution in [3.05, 3.63) is 76.3 Å². The minimum Gasteiger partial charge on any atom is -0.451 e. The second-order valence-corrected chi connectivity index (χ2v) is 7.33. The van der Waals surface area contributed by atoms with Crippen LogP contribution in [0.1, 0.15) is 33.9 Å². The lowest BCUT2D eigenvalue weighted by molar-refractivity contribution is -0.124. The Labute approximate surface area is 170 Å². The van der Waals surface area contributed by atoms with Crippen LogP contribution in [-0.2, 0) is 9.53 Å². The summed E-state index contributed by atoms with van der Waals surface area (Å²) in [5, 5.41) is 3.20. The van der Waals surface area contributed by atoms with Crippen molar-refractivity contribution in [2.24, 2.45) is 0 Å². The number of carbonyl (C=O) groups excluding carboxylic acids is 2. The van der Waals surface area contributed by atoms with E-state index >= 15 is 0 Å². The molecule has 1 aromatic heterocycles. The highest BCUT2D eigenvalue weighted by molar-refractivity contribution is 7.17. The monoisotopic (exact) mass is 416 g/mol. The van der Waals surface area contributed by atoms with Crippen LogP contribution in [-0.4, -0.2) is 23.5 Å². The molecule has 2 aromatic carbocycles. The molecule has 3 rings (SSSR count).